The van der Waals surface area contributed by atoms with Crippen molar-refractivity contribution in [2.45, 2.75) is 45.8 Å². The average Bonchev–Trinajstić information content (AvgIpc) is 2.41. The number of carbonyl (C=O) groups is 2. The molecular weight excluding hydrogens is 254 g/mol. The minimum absolute atomic E-state index is 0.0286. The summed E-state index contributed by atoms with van der Waals surface area (Å²) in [6.07, 6.45) is 4.10. The molecule has 2 rings (SSSR count). The molecule has 1 aliphatic heterocycles. The van der Waals surface area contributed by atoms with Gasteiger partial charge in [-0.2, -0.15) is 0 Å². The molecule has 1 aliphatic rings. The first kappa shape index (κ1) is 14.5. The molecule has 0 aliphatic carbocycles. The molecule has 0 spiro atoms. The number of pyridine rings is 1. The van der Waals surface area contributed by atoms with E-state index in [4.69, 9.17) is 0 Å². The molecular formula is C15H21N3O2. The highest BCUT2D eigenvalue weighted by Gasteiger charge is 2.38. The molecule has 0 aromatic carbocycles. The lowest BCUT2D eigenvalue weighted by atomic mass is 9.97. The molecule has 0 bridgehead atoms. The molecule has 108 valence electrons. The van der Waals surface area contributed by atoms with Crippen LogP contribution in [0.3, 0.4) is 0 Å². The molecule has 2 unspecified atom stereocenters. The van der Waals surface area contributed by atoms with Crippen LogP contribution in [0.25, 0.3) is 0 Å². The second kappa shape index (κ2) is 6.03. The maximum Gasteiger partial charge on any atom is 0.245 e. The Bertz CT molecular complexity index is 487. The summed E-state index contributed by atoms with van der Waals surface area (Å²) in [5.41, 5.74) is 0.941. The van der Waals surface area contributed by atoms with E-state index < -0.39 is 6.04 Å². The molecule has 20 heavy (non-hydrogen) atoms. The lowest BCUT2D eigenvalue weighted by molar-refractivity contribution is -0.150. The predicted molar refractivity (Wildman–Crippen MR) is 75.6 cm³/mol. The molecule has 2 amide bonds. The normalized spacial score (nSPS) is 23.1. The number of piperazine rings is 1. The topological polar surface area (TPSA) is 62.3 Å². The van der Waals surface area contributed by atoms with Gasteiger partial charge in [0.2, 0.25) is 11.8 Å². The molecule has 2 atom stereocenters. The van der Waals surface area contributed by atoms with E-state index >= 15 is 0 Å². The first-order chi connectivity index (χ1) is 9.49. The Balaban J connectivity index is 2.22. The Kier molecular flexibility index (Phi) is 4.37. The van der Waals surface area contributed by atoms with Crippen molar-refractivity contribution in [1.29, 1.82) is 0 Å². The van der Waals surface area contributed by atoms with Gasteiger partial charge in [0, 0.05) is 18.9 Å². The molecule has 1 fully saturated rings. The van der Waals surface area contributed by atoms with E-state index in [2.05, 4.69) is 24.1 Å². The summed E-state index contributed by atoms with van der Waals surface area (Å²) in [7, 11) is 0. The van der Waals surface area contributed by atoms with Gasteiger partial charge in [0.25, 0.3) is 0 Å². The smallest absolute Gasteiger partial charge is 0.245 e. The van der Waals surface area contributed by atoms with E-state index in [0.717, 1.165) is 5.56 Å². The highest BCUT2D eigenvalue weighted by molar-refractivity contribution is 5.96. The highest BCUT2D eigenvalue weighted by atomic mass is 16.2. The highest BCUT2D eigenvalue weighted by Crippen LogP contribution is 2.19. The van der Waals surface area contributed by atoms with Crippen molar-refractivity contribution in [3.05, 3.63) is 30.1 Å². The van der Waals surface area contributed by atoms with Crippen molar-refractivity contribution in [3.63, 3.8) is 0 Å². The molecule has 0 saturated carbocycles. The van der Waals surface area contributed by atoms with Gasteiger partial charge in [0.15, 0.2) is 0 Å². The first-order valence-electron chi connectivity index (χ1n) is 6.98. The van der Waals surface area contributed by atoms with Crippen molar-refractivity contribution in [2.75, 3.05) is 0 Å². The molecule has 1 aromatic rings. The molecule has 1 aromatic heterocycles. The fourth-order valence-electron chi connectivity index (χ4n) is 2.47. The Morgan fingerprint density at radius 2 is 2.15 bits per heavy atom. The van der Waals surface area contributed by atoms with E-state index in [1.54, 1.807) is 24.2 Å². The van der Waals surface area contributed by atoms with E-state index in [1.807, 2.05) is 12.1 Å². The van der Waals surface area contributed by atoms with Gasteiger partial charge in [-0.05, 0) is 30.9 Å². The lowest BCUT2D eigenvalue weighted by Crippen LogP contribution is -2.62. The van der Waals surface area contributed by atoms with Gasteiger partial charge in [-0.15, -0.1) is 0 Å². The fourth-order valence-corrected chi connectivity index (χ4v) is 2.47. The molecule has 1 N–H and O–H groups in total. The zero-order valence-corrected chi connectivity index (χ0v) is 12.2. The van der Waals surface area contributed by atoms with Crippen molar-refractivity contribution in [1.82, 2.24) is 15.2 Å². The zero-order valence-electron chi connectivity index (χ0n) is 12.2. The maximum atomic E-state index is 12.4. The Morgan fingerprint density at radius 3 is 2.75 bits per heavy atom. The summed E-state index contributed by atoms with van der Waals surface area (Å²) in [6, 6.07) is 2.91. The minimum Gasteiger partial charge on any atom is -0.343 e. The number of rotatable bonds is 4. The number of carbonyl (C=O) groups excluding carboxylic acids is 2. The molecule has 2 heterocycles. The summed E-state index contributed by atoms with van der Waals surface area (Å²) < 4.78 is 0. The van der Waals surface area contributed by atoms with Gasteiger partial charge < -0.3 is 10.2 Å². The Morgan fingerprint density at radius 1 is 1.40 bits per heavy atom. The summed E-state index contributed by atoms with van der Waals surface area (Å²) >= 11 is 0. The molecule has 1 saturated heterocycles. The number of nitrogens with zero attached hydrogens (tertiary/aromatic N) is 2. The van der Waals surface area contributed by atoms with Crippen molar-refractivity contribution < 1.29 is 9.59 Å². The van der Waals surface area contributed by atoms with Gasteiger partial charge in [-0.3, -0.25) is 14.6 Å². The summed E-state index contributed by atoms with van der Waals surface area (Å²) in [4.78, 5) is 30.3. The SMILES string of the molecule is CC(C)CC1C(=O)NC(C)C(=O)N1Cc1cccnc1. The van der Waals surface area contributed by atoms with Crippen LogP contribution in [0, 0.1) is 5.92 Å². The Labute approximate surface area is 119 Å². The first-order valence-corrected chi connectivity index (χ1v) is 6.98. The average molecular weight is 275 g/mol. The van der Waals surface area contributed by atoms with Crippen LogP contribution in [0.2, 0.25) is 0 Å². The molecule has 0 radical (unpaired) electrons. The van der Waals surface area contributed by atoms with E-state index in [-0.39, 0.29) is 17.9 Å². The zero-order chi connectivity index (χ0) is 14.7. The fraction of sp³-hybridized carbons (Fsp3) is 0.533. The van der Waals surface area contributed by atoms with E-state index in [1.165, 1.54) is 0 Å². The molecule has 5 nitrogen and oxygen atoms in total. The van der Waals surface area contributed by atoms with Crippen molar-refractivity contribution in [3.8, 4) is 0 Å². The molecule has 5 heteroatoms. The van der Waals surface area contributed by atoms with Crippen LogP contribution >= 0.6 is 0 Å². The Hall–Kier alpha value is -1.91. The number of hydrogen-bond acceptors (Lipinski definition) is 3. The van der Waals surface area contributed by atoms with Crippen molar-refractivity contribution in [2.24, 2.45) is 5.92 Å². The summed E-state index contributed by atoms with van der Waals surface area (Å²) in [5, 5.41) is 2.75. The maximum absolute atomic E-state index is 12.4. The monoisotopic (exact) mass is 275 g/mol. The predicted octanol–water partition coefficient (Wildman–Crippen LogP) is 1.34. The van der Waals surface area contributed by atoms with Crippen LogP contribution in [-0.2, 0) is 16.1 Å². The van der Waals surface area contributed by atoms with Crippen LogP contribution in [0.15, 0.2) is 24.5 Å². The number of amides is 2. The summed E-state index contributed by atoms with van der Waals surface area (Å²) in [6.45, 7) is 6.26. The van der Waals surface area contributed by atoms with Crippen LogP contribution in [-0.4, -0.2) is 33.8 Å². The van der Waals surface area contributed by atoms with E-state index in [9.17, 15) is 9.59 Å². The number of aromatic nitrogens is 1. The lowest BCUT2D eigenvalue weighted by Gasteiger charge is -2.38. The van der Waals surface area contributed by atoms with Gasteiger partial charge in [-0.1, -0.05) is 19.9 Å². The second-order valence-corrected chi connectivity index (χ2v) is 5.70. The minimum atomic E-state index is -0.456. The standard InChI is InChI=1S/C15H21N3O2/c1-10(2)7-13-14(19)17-11(3)15(20)18(13)9-12-5-4-6-16-8-12/h4-6,8,10-11,13H,7,9H2,1-3H3,(H,17,19). The van der Waals surface area contributed by atoms with Crippen LogP contribution in [0.5, 0.6) is 0 Å². The number of hydrogen-bond donors (Lipinski definition) is 1. The van der Waals surface area contributed by atoms with E-state index in [0.29, 0.717) is 18.9 Å². The third-order valence-corrected chi connectivity index (χ3v) is 3.46. The van der Waals surface area contributed by atoms with Gasteiger partial charge in [-0.25, -0.2) is 0 Å². The summed E-state index contributed by atoms with van der Waals surface area (Å²) in [5.74, 6) is 0.261. The van der Waals surface area contributed by atoms with Crippen LogP contribution in [0.4, 0.5) is 0 Å². The quantitative estimate of drug-likeness (QED) is 0.902. The van der Waals surface area contributed by atoms with Crippen molar-refractivity contribution >= 4 is 11.8 Å². The largest absolute Gasteiger partial charge is 0.343 e. The van der Waals surface area contributed by atoms with Crippen LogP contribution < -0.4 is 5.32 Å². The van der Waals surface area contributed by atoms with Gasteiger partial charge in [0.05, 0.1) is 0 Å². The third kappa shape index (κ3) is 3.15. The second-order valence-electron chi connectivity index (χ2n) is 5.70. The number of nitrogens with one attached hydrogen (secondary N) is 1. The van der Waals surface area contributed by atoms with Gasteiger partial charge >= 0.3 is 0 Å². The van der Waals surface area contributed by atoms with Crippen LogP contribution in [0.1, 0.15) is 32.8 Å². The third-order valence-electron chi connectivity index (χ3n) is 3.46. The van der Waals surface area contributed by atoms with Gasteiger partial charge in [0.1, 0.15) is 12.1 Å².